The van der Waals surface area contributed by atoms with E-state index in [0.29, 0.717) is 12.6 Å². The molecule has 1 saturated heterocycles. The number of phenols is 1. The third kappa shape index (κ3) is 2.38. The van der Waals surface area contributed by atoms with Crippen molar-refractivity contribution in [2.24, 2.45) is 0 Å². The normalized spacial score (nSPS) is 27.5. The minimum atomic E-state index is 0.276. The molecule has 0 radical (unpaired) electrons. The van der Waals surface area contributed by atoms with Gasteiger partial charge in [-0.2, -0.15) is 11.8 Å². The van der Waals surface area contributed by atoms with E-state index in [1.54, 1.807) is 12.1 Å². The number of nitrogens with one attached hydrogen (secondary N) is 1. The van der Waals surface area contributed by atoms with E-state index in [1.807, 2.05) is 17.8 Å². The van der Waals surface area contributed by atoms with Crippen LogP contribution in [0.5, 0.6) is 11.5 Å². The maximum absolute atomic E-state index is 9.40. The van der Waals surface area contributed by atoms with Gasteiger partial charge in [0, 0.05) is 23.4 Å². The molecule has 92 valence electrons. The zero-order valence-corrected chi connectivity index (χ0v) is 10.5. The molecular formula is C13H17NO2S. The first-order valence-electron chi connectivity index (χ1n) is 6.12. The molecule has 0 spiro atoms. The summed E-state index contributed by atoms with van der Waals surface area (Å²) in [7, 11) is 0. The molecule has 3 nitrogen and oxygen atoms in total. The molecule has 3 rings (SSSR count). The van der Waals surface area contributed by atoms with Crippen LogP contribution in [-0.2, 0) is 0 Å². The molecule has 2 heterocycles. The Morgan fingerprint density at radius 2 is 2.35 bits per heavy atom. The van der Waals surface area contributed by atoms with E-state index in [-0.39, 0.29) is 11.8 Å². The predicted molar refractivity (Wildman–Crippen MR) is 69.8 cm³/mol. The van der Waals surface area contributed by atoms with Gasteiger partial charge < -0.3 is 15.2 Å². The van der Waals surface area contributed by atoms with Gasteiger partial charge in [0.15, 0.2) is 0 Å². The van der Waals surface area contributed by atoms with Gasteiger partial charge in [-0.25, -0.2) is 0 Å². The highest BCUT2D eigenvalue weighted by Gasteiger charge is 2.27. The average molecular weight is 251 g/mol. The minimum absolute atomic E-state index is 0.276. The summed E-state index contributed by atoms with van der Waals surface area (Å²) in [6, 6.07) is 6.28. The fraction of sp³-hybridized carbons (Fsp3) is 0.538. The average Bonchev–Trinajstić information content (AvgIpc) is 2.73. The molecule has 0 bridgehead atoms. The van der Waals surface area contributed by atoms with Crippen molar-refractivity contribution in [2.75, 3.05) is 18.1 Å². The Morgan fingerprint density at radius 1 is 1.41 bits per heavy atom. The van der Waals surface area contributed by atoms with Crippen LogP contribution >= 0.6 is 11.8 Å². The van der Waals surface area contributed by atoms with Gasteiger partial charge in [0.1, 0.15) is 18.1 Å². The number of benzene rings is 1. The summed E-state index contributed by atoms with van der Waals surface area (Å²) >= 11 is 2.03. The van der Waals surface area contributed by atoms with Crippen LogP contribution in [0.1, 0.15) is 24.4 Å². The number of ether oxygens (including phenoxy) is 1. The lowest BCUT2D eigenvalue weighted by Crippen LogP contribution is -2.37. The second-order valence-corrected chi connectivity index (χ2v) is 5.82. The van der Waals surface area contributed by atoms with Crippen LogP contribution in [0.25, 0.3) is 0 Å². The molecule has 1 aromatic carbocycles. The zero-order chi connectivity index (χ0) is 11.7. The Labute approximate surface area is 106 Å². The van der Waals surface area contributed by atoms with Crippen LogP contribution in [0.3, 0.4) is 0 Å². The highest BCUT2D eigenvalue weighted by Crippen LogP contribution is 2.35. The largest absolute Gasteiger partial charge is 0.508 e. The van der Waals surface area contributed by atoms with Gasteiger partial charge in [-0.1, -0.05) is 0 Å². The lowest BCUT2D eigenvalue weighted by atomic mass is 10.1. The molecule has 0 amide bonds. The monoisotopic (exact) mass is 251 g/mol. The summed E-state index contributed by atoms with van der Waals surface area (Å²) in [4.78, 5) is 0. The molecule has 17 heavy (non-hydrogen) atoms. The molecule has 2 N–H and O–H groups in total. The molecule has 4 heteroatoms. The Bertz CT molecular complexity index is 404. The van der Waals surface area contributed by atoms with Crippen molar-refractivity contribution in [1.82, 2.24) is 5.32 Å². The van der Waals surface area contributed by atoms with Crippen LogP contribution in [0.15, 0.2) is 18.2 Å². The maximum atomic E-state index is 9.40. The van der Waals surface area contributed by atoms with E-state index in [1.165, 1.54) is 29.9 Å². The lowest BCUT2D eigenvalue weighted by molar-refractivity contribution is 0.296. The van der Waals surface area contributed by atoms with Crippen molar-refractivity contribution >= 4 is 11.8 Å². The topological polar surface area (TPSA) is 41.5 Å². The van der Waals surface area contributed by atoms with E-state index in [2.05, 4.69) is 5.32 Å². The van der Waals surface area contributed by atoms with E-state index in [0.717, 1.165) is 5.75 Å². The Morgan fingerprint density at radius 3 is 3.18 bits per heavy atom. The highest BCUT2D eigenvalue weighted by molar-refractivity contribution is 7.99. The molecule has 2 aliphatic rings. The molecule has 1 fully saturated rings. The number of hydrogen-bond donors (Lipinski definition) is 2. The van der Waals surface area contributed by atoms with Crippen LogP contribution < -0.4 is 10.1 Å². The van der Waals surface area contributed by atoms with Crippen molar-refractivity contribution in [2.45, 2.75) is 24.9 Å². The molecule has 1 aromatic rings. The Balaban J connectivity index is 1.70. The van der Waals surface area contributed by atoms with Crippen molar-refractivity contribution in [3.05, 3.63) is 23.8 Å². The molecule has 2 atom stereocenters. The third-order valence-electron chi connectivity index (χ3n) is 3.38. The van der Waals surface area contributed by atoms with Gasteiger partial charge in [0.2, 0.25) is 0 Å². The van der Waals surface area contributed by atoms with Gasteiger partial charge in [-0.05, 0) is 30.7 Å². The van der Waals surface area contributed by atoms with Gasteiger partial charge in [0.05, 0.1) is 6.04 Å². The van der Waals surface area contributed by atoms with Crippen LogP contribution in [0.4, 0.5) is 0 Å². The van der Waals surface area contributed by atoms with Gasteiger partial charge in [-0.3, -0.25) is 0 Å². The number of thioether (sulfide) groups is 1. The van der Waals surface area contributed by atoms with Crippen molar-refractivity contribution in [3.8, 4) is 11.5 Å². The first kappa shape index (κ1) is 11.2. The second-order valence-electron chi connectivity index (χ2n) is 4.67. The minimum Gasteiger partial charge on any atom is -0.508 e. The molecule has 2 aliphatic heterocycles. The van der Waals surface area contributed by atoms with Gasteiger partial charge >= 0.3 is 0 Å². The molecule has 2 unspecified atom stereocenters. The van der Waals surface area contributed by atoms with Crippen molar-refractivity contribution < 1.29 is 9.84 Å². The smallest absolute Gasteiger partial charge is 0.127 e. The number of hydrogen-bond acceptors (Lipinski definition) is 4. The molecular weight excluding hydrogens is 234 g/mol. The Kier molecular flexibility index (Phi) is 3.16. The number of rotatable bonds is 2. The molecule has 0 aromatic heterocycles. The van der Waals surface area contributed by atoms with Crippen LogP contribution in [-0.4, -0.2) is 29.3 Å². The van der Waals surface area contributed by atoms with Crippen molar-refractivity contribution in [3.63, 3.8) is 0 Å². The summed E-state index contributed by atoms with van der Waals surface area (Å²) in [5, 5.41) is 13.1. The van der Waals surface area contributed by atoms with E-state index in [9.17, 15) is 5.11 Å². The lowest BCUT2D eigenvalue weighted by Gasteiger charge is -2.25. The maximum Gasteiger partial charge on any atom is 0.127 e. The predicted octanol–water partition coefficient (Wildman–Crippen LogP) is 2.31. The second kappa shape index (κ2) is 4.78. The molecule has 0 aliphatic carbocycles. The molecule has 0 saturated carbocycles. The van der Waals surface area contributed by atoms with E-state index < -0.39 is 0 Å². The summed E-state index contributed by atoms with van der Waals surface area (Å²) in [5.41, 5.74) is 1.18. The summed E-state index contributed by atoms with van der Waals surface area (Å²) in [6.45, 7) is 0.681. The van der Waals surface area contributed by atoms with Gasteiger partial charge in [-0.15, -0.1) is 0 Å². The fourth-order valence-corrected chi connectivity index (χ4v) is 3.58. The first-order chi connectivity index (χ1) is 8.33. The Hall–Kier alpha value is -0.870. The summed E-state index contributed by atoms with van der Waals surface area (Å²) in [6.07, 6.45) is 2.56. The number of phenolic OH excluding ortho intramolecular Hbond substituents is 1. The van der Waals surface area contributed by atoms with Crippen LogP contribution in [0, 0.1) is 0 Å². The fourth-order valence-electron chi connectivity index (χ4n) is 2.49. The van der Waals surface area contributed by atoms with Gasteiger partial charge in [0.25, 0.3) is 0 Å². The quantitative estimate of drug-likeness (QED) is 0.846. The third-order valence-corrected chi connectivity index (χ3v) is 4.59. The van der Waals surface area contributed by atoms with E-state index in [4.69, 9.17) is 4.74 Å². The summed E-state index contributed by atoms with van der Waals surface area (Å²) < 4.78 is 5.60. The van der Waals surface area contributed by atoms with Crippen molar-refractivity contribution in [1.29, 1.82) is 0 Å². The summed E-state index contributed by atoms with van der Waals surface area (Å²) in [5.74, 6) is 3.59. The first-order valence-corrected chi connectivity index (χ1v) is 7.28. The standard InChI is InChI=1S/C13H17NO2S/c15-10-3-4-11-12(7-16-13(11)6-10)14-9-2-1-5-17-8-9/h3-4,6,9,12,14-15H,1-2,5,7-8H2. The number of fused-ring (bicyclic) bond motifs is 1. The number of aromatic hydroxyl groups is 1. The SMILES string of the molecule is Oc1ccc2c(c1)OCC2NC1CCCSC1. The zero-order valence-electron chi connectivity index (χ0n) is 9.69. The van der Waals surface area contributed by atoms with Crippen LogP contribution in [0.2, 0.25) is 0 Å². The van der Waals surface area contributed by atoms with E-state index >= 15 is 0 Å². The highest BCUT2D eigenvalue weighted by atomic mass is 32.2.